The molecule has 130 valence electrons. The Balaban J connectivity index is 2.23. The molecule has 0 saturated carbocycles. The summed E-state index contributed by atoms with van der Waals surface area (Å²) in [5, 5.41) is 4.64. The monoisotopic (exact) mass is 360 g/mol. The van der Waals surface area contributed by atoms with Crippen LogP contribution in [0.4, 0.5) is 0 Å². The van der Waals surface area contributed by atoms with Gasteiger partial charge in [-0.05, 0) is 11.4 Å². The number of hydrogen-bond acceptors (Lipinski definition) is 5. The second kappa shape index (κ2) is 6.17. The van der Waals surface area contributed by atoms with Crippen molar-refractivity contribution in [2.45, 2.75) is 6.54 Å². The van der Waals surface area contributed by atoms with Crippen molar-refractivity contribution < 1.29 is 4.79 Å². The first kappa shape index (κ1) is 16.9. The van der Waals surface area contributed by atoms with Crippen LogP contribution in [0.2, 0.25) is 0 Å². The van der Waals surface area contributed by atoms with E-state index in [1.54, 1.807) is 0 Å². The normalized spacial score (nSPS) is 11.0. The number of amides is 1. The van der Waals surface area contributed by atoms with Gasteiger partial charge in [0.25, 0.3) is 17.0 Å². The Morgan fingerprint density at radius 2 is 1.84 bits per heavy atom. The summed E-state index contributed by atoms with van der Waals surface area (Å²) in [4.78, 5) is 50.5. The zero-order chi connectivity index (χ0) is 18.3. The maximum atomic E-state index is 12.6. The van der Waals surface area contributed by atoms with Gasteiger partial charge in [0.2, 0.25) is 0 Å². The molecule has 0 unspecified atom stereocenters. The minimum Gasteiger partial charge on any atom is -0.347 e. The van der Waals surface area contributed by atoms with Crippen LogP contribution in [0.15, 0.2) is 38.0 Å². The molecule has 0 aliphatic heterocycles. The highest BCUT2D eigenvalue weighted by Gasteiger charge is 2.20. The maximum Gasteiger partial charge on any atom is 0.332 e. The fourth-order valence-electron chi connectivity index (χ4n) is 2.71. The molecule has 0 aliphatic rings. The van der Waals surface area contributed by atoms with E-state index in [1.165, 1.54) is 41.6 Å². The van der Waals surface area contributed by atoms with Crippen LogP contribution in [0.1, 0.15) is 15.2 Å². The Hall–Kier alpha value is -2.94. The van der Waals surface area contributed by atoms with Crippen molar-refractivity contribution in [1.82, 2.24) is 19.0 Å². The summed E-state index contributed by atoms with van der Waals surface area (Å²) in [6, 6.07) is 4.86. The van der Waals surface area contributed by atoms with Gasteiger partial charge in [-0.1, -0.05) is 6.07 Å². The molecule has 1 N–H and O–H groups in total. The molecule has 0 aliphatic carbocycles. The summed E-state index contributed by atoms with van der Waals surface area (Å²) in [5.74, 6) is -0.535. The molecule has 1 amide bonds. The van der Waals surface area contributed by atoms with Crippen LogP contribution in [0.25, 0.3) is 11.0 Å². The molecular weight excluding hydrogens is 344 g/mol. The molecule has 8 nitrogen and oxygen atoms in total. The van der Waals surface area contributed by atoms with Crippen LogP contribution >= 0.6 is 11.3 Å². The van der Waals surface area contributed by atoms with Crippen molar-refractivity contribution in [3.63, 3.8) is 0 Å². The van der Waals surface area contributed by atoms with Gasteiger partial charge in [-0.15, -0.1) is 11.3 Å². The van der Waals surface area contributed by atoms with Gasteiger partial charge in [0.1, 0.15) is 5.65 Å². The van der Waals surface area contributed by atoms with Crippen LogP contribution in [0.3, 0.4) is 0 Å². The van der Waals surface area contributed by atoms with Crippen molar-refractivity contribution in [3.8, 4) is 0 Å². The summed E-state index contributed by atoms with van der Waals surface area (Å²) in [5.41, 5.74) is -1.58. The molecular formula is C16H16N4O4S. The number of carbonyl (C=O) groups excluding carboxylic acids is 1. The summed E-state index contributed by atoms with van der Waals surface area (Å²) >= 11 is 1.49. The number of nitrogens with zero attached hydrogens (tertiary/aromatic N) is 3. The molecule has 3 aromatic heterocycles. The lowest BCUT2D eigenvalue weighted by Crippen LogP contribution is -2.41. The Kier molecular flexibility index (Phi) is 4.17. The fourth-order valence-corrected chi connectivity index (χ4v) is 3.36. The van der Waals surface area contributed by atoms with E-state index in [-0.39, 0.29) is 16.6 Å². The number of aryl methyl sites for hydroxylation is 2. The lowest BCUT2D eigenvalue weighted by molar-refractivity contribution is 0.0952. The third-order valence-electron chi connectivity index (χ3n) is 4.07. The number of rotatable bonds is 3. The number of pyridine rings is 1. The van der Waals surface area contributed by atoms with Crippen LogP contribution in [-0.4, -0.2) is 19.6 Å². The summed E-state index contributed by atoms with van der Waals surface area (Å²) in [6.07, 6.45) is 0. The van der Waals surface area contributed by atoms with Crippen molar-refractivity contribution in [3.05, 3.63) is 65.2 Å². The number of fused-ring (bicyclic) bond motifs is 1. The van der Waals surface area contributed by atoms with Gasteiger partial charge in [-0.25, -0.2) is 4.79 Å². The molecule has 0 saturated heterocycles. The third kappa shape index (κ3) is 2.72. The van der Waals surface area contributed by atoms with E-state index in [9.17, 15) is 19.2 Å². The Morgan fingerprint density at radius 3 is 2.48 bits per heavy atom. The summed E-state index contributed by atoms with van der Waals surface area (Å²) < 4.78 is 3.30. The van der Waals surface area contributed by atoms with E-state index in [2.05, 4.69) is 5.32 Å². The maximum absolute atomic E-state index is 12.6. The topological polar surface area (TPSA) is 95.1 Å². The number of nitrogens with one attached hydrogen (secondary N) is 1. The average molecular weight is 360 g/mol. The zero-order valence-electron chi connectivity index (χ0n) is 13.9. The first-order valence-corrected chi connectivity index (χ1v) is 8.31. The lowest BCUT2D eigenvalue weighted by Gasteiger charge is -2.14. The molecule has 3 aromatic rings. The van der Waals surface area contributed by atoms with Crippen LogP contribution < -0.4 is 22.1 Å². The number of aromatic nitrogens is 3. The van der Waals surface area contributed by atoms with Gasteiger partial charge in [0.05, 0.1) is 17.5 Å². The van der Waals surface area contributed by atoms with E-state index >= 15 is 0 Å². The number of thiophene rings is 1. The average Bonchev–Trinajstić information content (AvgIpc) is 3.11. The molecule has 0 spiro atoms. The Bertz CT molecular complexity index is 1150. The highest BCUT2D eigenvalue weighted by Crippen LogP contribution is 2.12. The van der Waals surface area contributed by atoms with Gasteiger partial charge in [-0.2, -0.15) is 0 Å². The van der Waals surface area contributed by atoms with Crippen molar-refractivity contribution >= 4 is 28.3 Å². The van der Waals surface area contributed by atoms with Crippen LogP contribution in [0, 0.1) is 0 Å². The van der Waals surface area contributed by atoms with Gasteiger partial charge >= 0.3 is 5.69 Å². The Morgan fingerprint density at radius 1 is 1.12 bits per heavy atom. The fraction of sp³-hybridized carbons (Fsp3) is 0.250. The van der Waals surface area contributed by atoms with E-state index < -0.39 is 22.7 Å². The SMILES string of the molecule is Cn1c(=O)c2c(C(=O)NCc3cccs3)cc(=O)n(C)c2n(C)c1=O. The van der Waals surface area contributed by atoms with Crippen molar-refractivity contribution in [1.29, 1.82) is 0 Å². The second-order valence-electron chi connectivity index (χ2n) is 5.62. The molecule has 25 heavy (non-hydrogen) atoms. The molecule has 9 heteroatoms. The van der Waals surface area contributed by atoms with E-state index in [4.69, 9.17) is 0 Å². The van der Waals surface area contributed by atoms with E-state index in [0.717, 1.165) is 15.5 Å². The second-order valence-corrected chi connectivity index (χ2v) is 6.65. The van der Waals surface area contributed by atoms with Gasteiger partial charge in [0.15, 0.2) is 0 Å². The molecule has 0 bridgehead atoms. The van der Waals surface area contributed by atoms with E-state index in [0.29, 0.717) is 6.54 Å². The van der Waals surface area contributed by atoms with Crippen LogP contribution in [0.5, 0.6) is 0 Å². The minimum atomic E-state index is -0.616. The Labute approximate surface area is 145 Å². The predicted molar refractivity (Wildman–Crippen MR) is 95.2 cm³/mol. The van der Waals surface area contributed by atoms with Gasteiger partial charge < -0.3 is 5.32 Å². The van der Waals surface area contributed by atoms with Crippen molar-refractivity contribution in [2.24, 2.45) is 21.1 Å². The summed E-state index contributed by atoms with van der Waals surface area (Å²) in [6.45, 7) is 0.291. The lowest BCUT2D eigenvalue weighted by atomic mass is 10.1. The first-order chi connectivity index (χ1) is 11.8. The van der Waals surface area contributed by atoms with Crippen LogP contribution in [-0.2, 0) is 27.7 Å². The van der Waals surface area contributed by atoms with Gasteiger partial charge in [0, 0.05) is 32.1 Å². The quantitative estimate of drug-likeness (QED) is 0.707. The molecule has 0 radical (unpaired) electrons. The smallest absolute Gasteiger partial charge is 0.332 e. The largest absolute Gasteiger partial charge is 0.347 e. The molecule has 3 rings (SSSR count). The molecule has 0 aromatic carbocycles. The van der Waals surface area contributed by atoms with Crippen molar-refractivity contribution in [2.75, 3.05) is 0 Å². The highest BCUT2D eigenvalue weighted by atomic mass is 32.1. The highest BCUT2D eigenvalue weighted by molar-refractivity contribution is 7.09. The third-order valence-corrected chi connectivity index (χ3v) is 4.94. The molecule has 3 heterocycles. The predicted octanol–water partition coefficient (Wildman–Crippen LogP) is -0.0726. The standard InChI is InChI=1S/C16H16N4O4S/c1-18-11(21)7-10(13(22)17-8-9-5-4-6-25-9)12-14(18)19(2)16(24)20(3)15(12)23/h4-7H,8H2,1-3H3,(H,17,22). The van der Waals surface area contributed by atoms with Gasteiger partial charge in [-0.3, -0.25) is 28.1 Å². The first-order valence-electron chi connectivity index (χ1n) is 7.43. The van der Waals surface area contributed by atoms with E-state index in [1.807, 2.05) is 17.5 Å². The molecule has 0 fully saturated rings. The number of carbonyl (C=O) groups is 1. The number of hydrogen-bond donors (Lipinski definition) is 1. The zero-order valence-corrected chi connectivity index (χ0v) is 14.7. The summed E-state index contributed by atoms with van der Waals surface area (Å²) in [7, 11) is 4.25. The minimum absolute atomic E-state index is 0.0362. The molecule has 0 atom stereocenters.